The molecule has 0 aliphatic carbocycles. The molecule has 0 aliphatic rings. The summed E-state index contributed by atoms with van der Waals surface area (Å²) in [7, 11) is -3.11. The number of nitrogens with one attached hydrogen (secondary N) is 1. The van der Waals surface area contributed by atoms with E-state index in [9.17, 15) is 21.6 Å². The number of sulfonamides is 1. The van der Waals surface area contributed by atoms with Gasteiger partial charge in [-0.25, -0.2) is 21.6 Å². The summed E-state index contributed by atoms with van der Waals surface area (Å²) in [5.41, 5.74) is 0.788. The van der Waals surface area contributed by atoms with Crippen LogP contribution in [0.2, 0.25) is 0 Å². The van der Waals surface area contributed by atoms with Gasteiger partial charge in [-0.05, 0) is 36.8 Å². The molecule has 0 radical (unpaired) electrons. The van der Waals surface area contributed by atoms with Crippen LogP contribution < -0.4 is 9.46 Å². The van der Waals surface area contributed by atoms with Gasteiger partial charge in [0.1, 0.15) is 10.6 Å². The highest BCUT2D eigenvalue weighted by atomic mass is 32.2. The topological polar surface area (TPSA) is 55.4 Å². The molecular weight excluding hydrogens is 319 g/mol. The van der Waals surface area contributed by atoms with Crippen LogP contribution in [0.1, 0.15) is 5.56 Å². The van der Waals surface area contributed by atoms with Gasteiger partial charge in [0, 0.05) is 0 Å². The SMILES string of the molecule is COc1ccc(C)cc1NS(=O)(=O)c1ccc(F)c(F)c1F. The lowest BCUT2D eigenvalue weighted by molar-refractivity contribution is 0.416. The zero-order chi connectivity index (χ0) is 16.5. The lowest BCUT2D eigenvalue weighted by atomic mass is 10.2. The summed E-state index contributed by atoms with van der Waals surface area (Å²) in [6.07, 6.45) is 0. The van der Waals surface area contributed by atoms with Crippen LogP contribution in [0.4, 0.5) is 18.9 Å². The van der Waals surface area contributed by atoms with E-state index in [1.165, 1.54) is 19.2 Å². The van der Waals surface area contributed by atoms with Crippen molar-refractivity contribution in [1.82, 2.24) is 0 Å². The Hall–Kier alpha value is -2.22. The maximum Gasteiger partial charge on any atom is 0.265 e. The smallest absolute Gasteiger partial charge is 0.265 e. The summed E-state index contributed by atoms with van der Waals surface area (Å²) in [6.45, 7) is 1.72. The fraction of sp³-hybridized carbons (Fsp3) is 0.143. The van der Waals surface area contributed by atoms with Gasteiger partial charge in [0.25, 0.3) is 10.0 Å². The van der Waals surface area contributed by atoms with E-state index in [0.29, 0.717) is 12.1 Å². The fourth-order valence-electron chi connectivity index (χ4n) is 1.82. The number of aryl methyl sites for hydroxylation is 1. The molecule has 0 unspecified atom stereocenters. The Bertz CT molecular complexity index is 822. The molecule has 4 nitrogen and oxygen atoms in total. The first-order valence-electron chi connectivity index (χ1n) is 6.07. The molecule has 8 heteroatoms. The Kier molecular flexibility index (Phi) is 4.32. The van der Waals surface area contributed by atoms with Gasteiger partial charge in [0.15, 0.2) is 17.5 Å². The molecule has 0 aromatic heterocycles. The molecule has 0 aliphatic heterocycles. The highest BCUT2D eigenvalue weighted by molar-refractivity contribution is 7.92. The van der Waals surface area contributed by atoms with Crippen LogP contribution in [0.5, 0.6) is 5.75 Å². The van der Waals surface area contributed by atoms with Gasteiger partial charge in [-0.1, -0.05) is 6.07 Å². The molecule has 0 heterocycles. The second kappa shape index (κ2) is 5.88. The molecule has 0 saturated carbocycles. The zero-order valence-corrected chi connectivity index (χ0v) is 12.5. The molecule has 0 bridgehead atoms. The molecule has 118 valence electrons. The summed E-state index contributed by atoms with van der Waals surface area (Å²) >= 11 is 0. The van der Waals surface area contributed by atoms with Crippen molar-refractivity contribution in [1.29, 1.82) is 0 Å². The summed E-state index contributed by atoms with van der Waals surface area (Å²) in [6, 6.07) is 5.87. The Labute approximate surface area is 125 Å². The first-order chi connectivity index (χ1) is 10.3. The van der Waals surface area contributed by atoms with Crippen molar-refractivity contribution in [2.45, 2.75) is 11.8 Å². The number of hydrogen-bond acceptors (Lipinski definition) is 3. The lowest BCUT2D eigenvalue weighted by Gasteiger charge is -2.13. The van der Waals surface area contributed by atoms with E-state index in [4.69, 9.17) is 4.74 Å². The van der Waals surface area contributed by atoms with E-state index >= 15 is 0 Å². The number of benzene rings is 2. The molecule has 2 aromatic carbocycles. The summed E-state index contributed by atoms with van der Waals surface area (Å²) in [5.74, 6) is -4.89. The van der Waals surface area contributed by atoms with Crippen LogP contribution in [0.25, 0.3) is 0 Å². The van der Waals surface area contributed by atoms with E-state index in [1.54, 1.807) is 13.0 Å². The van der Waals surface area contributed by atoms with Crippen molar-refractivity contribution in [2.75, 3.05) is 11.8 Å². The number of rotatable bonds is 4. The number of ether oxygens (including phenoxy) is 1. The Balaban J connectivity index is 2.49. The summed E-state index contributed by atoms with van der Waals surface area (Å²) < 4.78 is 71.2. The molecule has 0 amide bonds. The van der Waals surface area contributed by atoms with Crippen molar-refractivity contribution < 1.29 is 26.3 Å². The van der Waals surface area contributed by atoms with Crippen LogP contribution in [0.3, 0.4) is 0 Å². The standard InChI is InChI=1S/C14H12F3NO3S/c1-8-3-5-11(21-2)10(7-8)18-22(19,20)12-6-4-9(15)13(16)14(12)17/h3-7,18H,1-2H3. The van der Waals surface area contributed by atoms with Crippen molar-refractivity contribution >= 4 is 15.7 Å². The summed E-state index contributed by atoms with van der Waals surface area (Å²) in [5, 5.41) is 0. The third-order valence-corrected chi connectivity index (χ3v) is 4.27. The second-order valence-corrected chi connectivity index (χ2v) is 6.13. The quantitative estimate of drug-likeness (QED) is 0.875. The monoisotopic (exact) mass is 331 g/mol. The molecule has 1 N–H and O–H groups in total. The highest BCUT2D eigenvalue weighted by Crippen LogP contribution is 2.29. The predicted octanol–water partition coefficient (Wildman–Crippen LogP) is 3.22. The van der Waals surface area contributed by atoms with Crippen molar-refractivity contribution in [3.8, 4) is 5.75 Å². The zero-order valence-electron chi connectivity index (χ0n) is 11.7. The molecule has 2 rings (SSSR count). The fourth-order valence-corrected chi connectivity index (χ4v) is 2.95. The van der Waals surface area contributed by atoms with E-state index in [-0.39, 0.29) is 11.4 Å². The first kappa shape index (κ1) is 16.2. The average Bonchev–Trinajstić information content (AvgIpc) is 2.44. The third-order valence-electron chi connectivity index (χ3n) is 2.89. The Morgan fingerprint density at radius 1 is 1.05 bits per heavy atom. The van der Waals surface area contributed by atoms with Crippen molar-refractivity contribution in [3.05, 3.63) is 53.3 Å². The third kappa shape index (κ3) is 3.01. The molecule has 0 saturated heterocycles. The van der Waals surface area contributed by atoms with Gasteiger partial charge < -0.3 is 4.74 Å². The molecule has 22 heavy (non-hydrogen) atoms. The average molecular weight is 331 g/mol. The molecule has 2 aromatic rings. The largest absolute Gasteiger partial charge is 0.495 e. The molecule has 0 spiro atoms. The number of halogens is 3. The van der Waals surface area contributed by atoms with Gasteiger partial charge >= 0.3 is 0 Å². The summed E-state index contributed by atoms with van der Waals surface area (Å²) in [4.78, 5) is -0.991. The van der Waals surface area contributed by atoms with E-state index in [1.807, 2.05) is 0 Å². The van der Waals surface area contributed by atoms with Gasteiger partial charge in [-0.15, -0.1) is 0 Å². The van der Waals surface area contributed by atoms with Crippen LogP contribution >= 0.6 is 0 Å². The maximum absolute atomic E-state index is 13.7. The van der Waals surface area contributed by atoms with E-state index < -0.39 is 32.4 Å². The van der Waals surface area contributed by atoms with E-state index in [2.05, 4.69) is 4.72 Å². The lowest BCUT2D eigenvalue weighted by Crippen LogP contribution is -2.16. The molecule has 0 atom stereocenters. The van der Waals surface area contributed by atoms with Gasteiger partial charge in [-0.3, -0.25) is 4.72 Å². The number of methoxy groups -OCH3 is 1. The minimum absolute atomic E-state index is 0.0617. The van der Waals surface area contributed by atoms with Crippen LogP contribution in [0.15, 0.2) is 35.2 Å². The number of anilines is 1. The van der Waals surface area contributed by atoms with E-state index in [0.717, 1.165) is 5.56 Å². The molecular formula is C14H12F3NO3S. The first-order valence-corrected chi connectivity index (χ1v) is 7.55. The van der Waals surface area contributed by atoms with Crippen molar-refractivity contribution in [3.63, 3.8) is 0 Å². The van der Waals surface area contributed by atoms with Crippen molar-refractivity contribution in [2.24, 2.45) is 0 Å². The second-order valence-electron chi connectivity index (χ2n) is 4.48. The maximum atomic E-state index is 13.7. The normalized spacial score (nSPS) is 11.3. The minimum atomic E-state index is -4.44. The van der Waals surface area contributed by atoms with Crippen LogP contribution in [0, 0.1) is 24.4 Å². The Morgan fingerprint density at radius 2 is 1.73 bits per heavy atom. The Morgan fingerprint density at radius 3 is 2.36 bits per heavy atom. The molecule has 0 fully saturated rings. The van der Waals surface area contributed by atoms with Crippen LogP contribution in [-0.2, 0) is 10.0 Å². The van der Waals surface area contributed by atoms with Crippen LogP contribution in [-0.4, -0.2) is 15.5 Å². The number of hydrogen-bond donors (Lipinski definition) is 1. The minimum Gasteiger partial charge on any atom is -0.495 e. The van der Waals surface area contributed by atoms with Gasteiger partial charge in [0.05, 0.1) is 12.8 Å². The van der Waals surface area contributed by atoms with Gasteiger partial charge in [-0.2, -0.15) is 0 Å². The predicted molar refractivity (Wildman–Crippen MR) is 74.9 cm³/mol. The van der Waals surface area contributed by atoms with Gasteiger partial charge in [0.2, 0.25) is 0 Å². The highest BCUT2D eigenvalue weighted by Gasteiger charge is 2.25.